The topological polar surface area (TPSA) is 67.2 Å². The molecule has 24 heavy (non-hydrogen) atoms. The van der Waals surface area contributed by atoms with Gasteiger partial charge in [0, 0.05) is 6.07 Å². The van der Waals surface area contributed by atoms with Gasteiger partial charge in [0.2, 0.25) is 0 Å². The van der Waals surface area contributed by atoms with Gasteiger partial charge < -0.3 is 9.84 Å². The Labute approximate surface area is 142 Å². The highest BCUT2D eigenvalue weighted by Crippen LogP contribution is 2.32. The third kappa shape index (κ3) is 2.81. The Hall–Kier alpha value is -2.92. The van der Waals surface area contributed by atoms with E-state index < -0.39 is 0 Å². The molecule has 1 heterocycles. The predicted molar refractivity (Wildman–Crippen MR) is 94.4 cm³/mol. The number of aromatic hydroxyl groups is 1. The van der Waals surface area contributed by atoms with Crippen LogP contribution in [0.2, 0.25) is 5.02 Å². The van der Waals surface area contributed by atoms with Crippen LogP contribution in [-0.2, 0) is 0 Å². The van der Waals surface area contributed by atoms with Crippen molar-refractivity contribution in [1.29, 1.82) is 0 Å². The number of phenols is 1. The van der Waals surface area contributed by atoms with Gasteiger partial charge in [-0.05, 0) is 29.8 Å². The molecule has 122 valence electrons. The molecule has 0 aliphatic carbocycles. The van der Waals surface area contributed by atoms with E-state index in [-0.39, 0.29) is 17.1 Å². The van der Waals surface area contributed by atoms with E-state index in [9.17, 15) is 9.90 Å². The van der Waals surface area contributed by atoms with Gasteiger partial charge in [-0.2, -0.15) is 0 Å². The van der Waals surface area contributed by atoms with Gasteiger partial charge in [0.15, 0.2) is 11.5 Å². The number of hydrogen-bond acceptors (Lipinski definition) is 3. The lowest BCUT2D eigenvalue weighted by molar-refractivity contribution is 0.373. The standard InChI is InChI=1S/C18H15ClN2O3/c1-11-14(8-12-9-17(24-2)16(22)10-15(12)19)18(23)21(20-11)13-6-4-3-5-7-13/h3-10,20,22H,1H2,2H3/b14-8+. The molecule has 6 heteroatoms. The van der Waals surface area contributed by atoms with Crippen molar-refractivity contribution >= 4 is 24.3 Å². The molecule has 3 aromatic rings. The quantitative estimate of drug-likeness (QED) is 0.762. The van der Waals surface area contributed by atoms with E-state index in [2.05, 4.69) is 11.7 Å². The second-order valence-corrected chi connectivity index (χ2v) is 5.58. The summed E-state index contributed by atoms with van der Waals surface area (Å²) in [7, 11) is 1.44. The molecule has 0 fully saturated rings. The zero-order valence-electron chi connectivity index (χ0n) is 12.9. The minimum Gasteiger partial charge on any atom is -0.504 e. The maximum absolute atomic E-state index is 12.7. The number of phenolic OH excluding ortho intramolecular Hbond substituents is 1. The Kier molecular flexibility index (Phi) is 4.18. The van der Waals surface area contributed by atoms with Crippen molar-refractivity contribution in [3.63, 3.8) is 0 Å². The van der Waals surface area contributed by atoms with Gasteiger partial charge >= 0.3 is 0 Å². The number of para-hydroxylation sites is 1. The van der Waals surface area contributed by atoms with E-state index in [1.165, 1.54) is 17.9 Å². The summed E-state index contributed by atoms with van der Waals surface area (Å²) in [5.74, 6) is 0.209. The fraction of sp³-hybridized carbons (Fsp3) is 0.0556. The Morgan fingerprint density at radius 1 is 1.29 bits per heavy atom. The first-order valence-corrected chi connectivity index (χ1v) is 7.52. The molecule has 0 bridgehead atoms. The summed E-state index contributed by atoms with van der Waals surface area (Å²) in [5, 5.41) is 13.8. The van der Waals surface area contributed by atoms with E-state index in [4.69, 9.17) is 16.3 Å². The van der Waals surface area contributed by atoms with E-state index in [0.717, 1.165) is 0 Å². The van der Waals surface area contributed by atoms with Crippen molar-refractivity contribution in [2.24, 2.45) is 0 Å². The molecule has 3 rings (SSSR count). The Balaban J connectivity index is 2.22. The van der Waals surface area contributed by atoms with E-state index in [0.29, 0.717) is 26.8 Å². The average Bonchev–Trinajstić information content (AvgIpc) is 2.86. The highest BCUT2D eigenvalue weighted by Gasteiger charge is 2.09. The van der Waals surface area contributed by atoms with Gasteiger partial charge in [-0.15, -0.1) is 0 Å². The number of aromatic amines is 1. The summed E-state index contributed by atoms with van der Waals surface area (Å²) in [4.78, 5) is 12.7. The molecular weight excluding hydrogens is 328 g/mol. The molecule has 0 aliphatic heterocycles. The largest absolute Gasteiger partial charge is 0.504 e. The van der Waals surface area contributed by atoms with Crippen LogP contribution in [0.3, 0.4) is 0 Å². The van der Waals surface area contributed by atoms with Crippen LogP contribution in [-0.4, -0.2) is 22.0 Å². The fourth-order valence-electron chi connectivity index (χ4n) is 2.39. The summed E-state index contributed by atoms with van der Waals surface area (Å²) in [6.07, 6.45) is 1.62. The first-order chi connectivity index (χ1) is 11.5. The van der Waals surface area contributed by atoms with Crippen LogP contribution >= 0.6 is 11.6 Å². The summed E-state index contributed by atoms with van der Waals surface area (Å²) in [6.45, 7) is 3.88. The SMILES string of the molecule is C=c1[nH]n(-c2ccccc2)c(=O)/c1=C/c1cc(OC)c(O)cc1Cl. The molecule has 0 saturated carbocycles. The molecule has 0 spiro atoms. The van der Waals surface area contributed by atoms with E-state index >= 15 is 0 Å². The lowest BCUT2D eigenvalue weighted by Gasteiger charge is -2.05. The van der Waals surface area contributed by atoms with E-state index in [1.54, 1.807) is 12.1 Å². The molecular formula is C18H15ClN2O3. The summed E-state index contributed by atoms with van der Waals surface area (Å²) >= 11 is 6.15. The molecule has 0 radical (unpaired) electrons. The highest BCUT2D eigenvalue weighted by molar-refractivity contribution is 6.32. The van der Waals surface area contributed by atoms with Gasteiger partial charge in [-0.1, -0.05) is 36.4 Å². The van der Waals surface area contributed by atoms with Crippen molar-refractivity contribution in [3.8, 4) is 17.2 Å². The van der Waals surface area contributed by atoms with Crippen LogP contribution in [0.1, 0.15) is 5.56 Å². The number of aromatic nitrogens is 2. The van der Waals surface area contributed by atoms with Crippen molar-refractivity contribution in [1.82, 2.24) is 9.78 Å². The molecule has 0 unspecified atom stereocenters. The number of nitrogens with zero attached hydrogens (tertiary/aromatic N) is 1. The smallest absolute Gasteiger partial charge is 0.279 e. The molecule has 2 N–H and O–H groups in total. The number of benzene rings is 2. The zero-order chi connectivity index (χ0) is 17.3. The van der Waals surface area contributed by atoms with Gasteiger partial charge in [0.05, 0.1) is 28.4 Å². The Morgan fingerprint density at radius 3 is 2.67 bits per heavy atom. The normalized spacial score (nSPS) is 11.7. The maximum Gasteiger partial charge on any atom is 0.279 e. The van der Waals surface area contributed by atoms with Crippen molar-refractivity contribution in [2.75, 3.05) is 7.11 Å². The summed E-state index contributed by atoms with van der Waals surface area (Å²) < 4.78 is 6.49. The van der Waals surface area contributed by atoms with Crippen molar-refractivity contribution in [2.45, 2.75) is 0 Å². The van der Waals surface area contributed by atoms with Gasteiger partial charge in [-0.3, -0.25) is 9.89 Å². The molecule has 0 saturated heterocycles. The minimum atomic E-state index is -0.241. The number of hydrogen-bond donors (Lipinski definition) is 2. The Bertz CT molecular complexity index is 1050. The number of halogens is 1. The predicted octanol–water partition coefficient (Wildman–Crippen LogP) is 1.77. The van der Waals surface area contributed by atoms with Crippen molar-refractivity contribution < 1.29 is 9.84 Å². The average molecular weight is 343 g/mol. The molecule has 0 amide bonds. The number of methoxy groups -OCH3 is 1. The summed E-state index contributed by atoms with van der Waals surface area (Å²) in [5.41, 5.74) is 1.02. The second kappa shape index (κ2) is 6.29. The third-order valence-electron chi connectivity index (χ3n) is 3.62. The van der Waals surface area contributed by atoms with Crippen molar-refractivity contribution in [3.05, 3.63) is 74.0 Å². The first-order valence-electron chi connectivity index (χ1n) is 7.15. The van der Waals surface area contributed by atoms with Gasteiger partial charge in [-0.25, -0.2) is 4.68 Å². The van der Waals surface area contributed by atoms with Crippen LogP contribution in [0.5, 0.6) is 11.5 Å². The minimum absolute atomic E-state index is 0.0646. The fourth-order valence-corrected chi connectivity index (χ4v) is 2.60. The Morgan fingerprint density at radius 2 is 2.00 bits per heavy atom. The molecule has 0 aliphatic rings. The van der Waals surface area contributed by atoms with Crippen LogP contribution in [0, 0.1) is 0 Å². The van der Waals surface area contributed by atoms with Gasteiger partial charge in [0.25, 0.3) is 5.56 Å². The van der Waals surface area contributed by atoms with Crippen LogP contribution < -0.4 is 20.9 Å². The number of ether oxygens (including phenoxy) is 1. The van der Waals surface area contributed by atoms with Crippen LogP contribution in [0.25, 0.3) is 18.3 Å². The molecule has 0 atom stereocenters. The summed E-state index contributed by atoms with van der Waals surface area (Å²) in [6, 6.07) is 12.1. The monoisotopic (exact) mass is 342 g/mol. The highest BCUT2D eigenvalue weighted by atomic mass is 35.5. The van der Waals surface area contributed by atoms with Gasteiger partial charge in [0.1, 0.15) is 0 Å². The third-order valence-corrected chi connectivity index (χ3v) is 3.95. The lowest BCUT2D eigenvalue weighted by atomic mass is 10.1. The number of rotatable bonds is 3. The van der Waals surface area contributed by atoms with Crippen LogP contribution in [0.15, 0.2) is 47.3 Å². The molecule has 2 aromatic carbocycles. The number of nitrogens with one attached hydrogen (secondary N) is 1. The molecule has 1 aromatic heterocycles. The lowest BCUT2D eigenvalue weighted by Crippen LogP contribution is -2.34. The molecule has 5 nitrogen and oxygen atoms in total. The second-order valence-electron chi connectivity index (χ2n) is 5.17. The zero-order valence-corrected chi connectivity index (χ0v) is 13.7. The first kappa shape index (κ1) is 16.0. The number of H-pyrrole nitrogens is 1. The maximum atomic E-state index is 12.7. The van der Waals surface area contributed by atoms with E-state index in [1.807, 2.05) is 30.3 Å². The van der Waals surface area contributed by atoms with Crippen LogP contribution in [0.4, 0.5) is 0 Å².